The average molecular weight is 248 g/mol. The first-order valence-corrected chi connectivity index (χ1v) is 5.82. The fraction of sp³-hybridized carbons (Fsp3) is 0.308. The third-order valence-electron chi connectivity index (χ3n) is 3.42. The molecule has 2 aromatic rings. The molecule has 1 aliphatic carbocycles. The number of nitrogens with two attached hydrogens (primary N) is 1. The van der Waals surface area contributed by atoms with E-state index in [4.69, 9.17) is 5.73 Å². The minimum Gasteiger partial charge on any atom is -0.398 e. The summed E-state index contributed by atoms with van der Waals surface area (Å²) in [6.07, 6.45) is -0.586. The molecule has 2 atom stereocenters. The van der Waals surface area contributed by atoms with Gasteiger partial charge >= 0.3 is 0 Å². The van der Waals surface area contributed by atoms with Crippen molar-refractivity contribution in [3.63, 3.8) is 0 Å². The summed E-state index contributed by atoms with van der Waals surface area (Å²) in [6, 6.07) is 4.12. The zero-order valence-corrected chi connectivity index (χ0v) is 9.60. The van der Waals surface area contributed by atoms with Crippen LogP contribution in [0.1, 0.15) is 36.3 Å². The van der Waals surface area contributed by atoms with Crippen molar-refractivity contribution in [2.75, 3.05) is 5.73 Å². The van der Waals surface area contributed by atoms with E-state index in [1.165, 1.54) is 18.2 Å². The largest absolute Gasteiger partial charge is 0.398 e. The number of nitrogen functional groups attached to an aromatic ring is 1. The van der Waals surface area contributed by atoms with Crippen LogP contribution in [0.3, 0.4) is 0 Å². The van der Waals surface area contributed by atoms with Crippen LogP contribution in [0.4, 0.5) is 10.1 Å². The summed E-state index contributed by atoms with van der Waals surface area (Å²) in [7, 11) is 0. The number of nitrogens with zero attached hydrogens (tertiary/aromatic N) is 1. The number of benzene rings is 1. The lowest BCUT2D eigenvalue weighted by Crippen LogP contribution is -2.18. The van der Waals surface area contributed by atoms with Gasteiger partial charge in [-0.3, -0.25) is 0 Å². The molecule has 0 bridgehead atoms. The molecule has 0 radical (unpaired) electrons. The minimum absolute atomic E-state index is 0.306. The molecule has 5 heteroatoms. The number of fused-ring (bicyclic) bond motifs is 2. The summed E-state index contributed by atoms with van der Waals surface area (Å²) < 4.78 is 13.2. The van der Waals surface area contributed by atoms with Crippen LogP contribution < -0.4 is 5.73 Å². The van der Waals surface area contributed by atoms with Crippen molar-refractivity contribution in [2.45, 2.75) is 25.0 Å². The molecule has 4 nitrogen and oxygen atoms in total. The van der Waals surface area contributed by atoms with Crippen molar-refractivity contribution in [1.29, 1.82) is 0 Å². The van der Waals surface area contributed by atoms with Gasteiger partial charge in [0.15, 0.2) is 0 Å². The smallest absolute Gasteiger partial charge is 0.124 e. The maximum Gasteiger partial charge on any atom is 0.124 e. The van der Waals surface area contributed by atoms with Crippen LogP contribution in [0.2, 0.25) is 0 Å². The van der Waals surface area contributed by atoms with E-state index in [2.05, 4.69) is 4.98 Å². The number of rotatable bonds is 0. The van der Waals surface area contributed by atoms with Gasteiger partial charge in [-0.1, -0.05) is 0 Å². The van der Waals surface area contributed by atoms with E-state index in [0.717, 1.165) is 0 Å². The third-order valence-corrected chi connectivity index (χ3v) is 3.42. The Hall–Kier alpha value is -1.72. The van der Waals surface area contributed by atoms with Crippen molar-refractivity contribution in [1.82, 2.24) is 4.98 Å². The highest BCUT2D eigenvalue weighted by Gasteiger charge is 2.29. The summed E-state index contributed by atoms with van der Waals surface area (Å²) in [5.41, 5.74) is 7.66. The second kappa shape index (κ2) is 3.90. The molecule has 1 aromatic heterocycles. The molecule has 4 N–H and O–H groups in total. The van der Waals surface area contributed by atoms with Gasteiger partial charge in [-0.25, -0.2) is 9.37 Å². The molecule has 0 aliphatic heterocycles. The summed E-state index contributed by atoms with van der Waals surface area (Å²) in [4.78, 5) is 4.29. The van der Waals surface area contributed by atoms with Gasteiger partial charge < -0.3 is 15.9 Å². The first-order valence-electron chi connectivity index (χ1n) is 5.82. The number of aliphatic hydroxyl groups excluding tert-OH is 2. The van der Waals surface area contributed by atoms with E-state index in [9.17, 15) is 14.6 Å². The van der Waals surface area contributed by atoms with Gasteiger partial charge in [-0.2, -0.15) is 0 Å². The average Bonchev–Trinajstić information content (AvgIpc) is 2.35. The monoisotopic (exact) mass is 248 g/mol. The molecule has 1 heterocycles. The van der Waals surface area contributed by atoms with Gasteiger partial charge in [-0.05, 0) is 31.0 Å². The van der Waals surface area contributed by atoms with E-state index in [1.807, 2.05) is 0 Å². The van der Waals surface area contributed by atoms with Gasteiger partial charge in [-0.15, -0.1) is 0 Å². The Kier molecular flexibility index (Phi) is 2.46. The number of halogens is 1. The van der Waals surface area contributed by atoms with Crippen molar-refractivity contribution >= 4 is 16.6 Å². The van der Waals surface area contributed by atoms with Gasteiger partial charge in [0.25, 0.3) is 0 Å². The highest BCUT2D eigenvalue weighted by Crippen LogP contribution is 2.40. The van der Waals surface area contributed by atoms with E-state index < -0.39 is 18.0 Å². The van der Waals surface area contributed by atoms with Crippen LogP contribution in [-0.4, -0.2) is 15.2 Å². The Bertz CT molecular complexity index is 630. The highest BCUT2D eigenvalue weighted by molar-refractivity contribution is 5.92. The Morgan fingerprint density at radius 3 is 2.72 bits per heavy atom. The van der Waals surface area contributed by atoms with Crippen molar-refractivity contribution in [3.8, 4) is 0 Å². The normalized spacial score (nSPS) is 23.1. The summed E-state index contributed by atoms with van der Waals surface area (Å²) >= 11 is 0. The van der Waals surface area contributed by atoms with Crippen LogP contribution in [0.15, 0.2) is 18.2 Å². The standard InChI is InChI=1S/C13H13FN2O2/c14-6-1-2-8-7(5-6)12(15)11-9(17)3-4-10(18)13(11)16-8/h1-2,5,9-10,17-18H,3-4H2,(H2,15,16). The van der Waals surface area contributed by atoms with Crippen LogP contribution >= 0.6 is 0 Å². The number of pyridine rings is 1. The fourth-order valence-electron chi connectivity index (χ4n) is 2.50. The molecular formula is C13H13FN2O2. The van der Waals surface area contributed by atoms with Gasteiger partial charge in [0.2, 0.25) is 0 Å². The van der Waals surface area contributed by atoms with Gasteiger partial charge in [0, 0.05) is 16.6 Å². The quantitative estimate of drug-likeness (QED) is 0.664. The lowest BCUT2D eigenvalue weighted by atomic mass is 9.89. The molecule has 94 valence electrons. The zero-order chi connectivity index (χ0) is 12.9. The Balaban J connectivity index is 2.37. The Morgan fingerprint density at radius 2 is 1.94 bits per heavy atom. The molecule has 3 rings (SSSR count). The van der Waals surface area contributed by atoms with E-state index >= 15 is 0 Å². The minimum atomic E-state index is -0.747. The molecule has 0 spiro atoms. The number of anilines is 1. The van der Waals surface area contributed by atoms with Crippen molar-refractivity contribution in [3.05, 3.63) is 35.3 Å². The lowest BCUT2D eigenvalue weighted by molar-refractivity contribution is 0.0884. The Labute approximate surface area is 103 Å². The number of aromatic nitrogens is 1. The molecule has 1 aromatic carbocycles. The first kappa shape index (κ1) is 11.4. The first-order chi connectivity index (χ1) is 8.58. The number of hydrogen-bond acceptors (Lipinski definition) is 4. The number of hydrogen-bond donors (Lipinski definition) is 3. The maximum atomic E-state index is 13.2. The van der Waals surface area contributed by atoms with E-state index in [1.54, 1.807) is 0 Å². The predicted molar refractivity (Wildman–Crippen MR) is 65.3 cm³/mol. The molecule has 18 heavy (non-hydrogen) atoms. The van der Waals surface area contributed by atoms with Crippen molar-refractivity contribution < 1.29 is 14.6 Å². The molecule has 0 saturated carbocycles. The van der Waals surface area contributed by atoms with E-state index in [-0.39, 0.29) is 0 Å². The lowest BCUT2D eigenvalue weighted by Gasteiger charge is -2.26. The van der Waals surface area contributed by atoms with Crippen molar-refractivity contribution in [2.24, 2.45) is 0 Å². The van der Waals surface area contributed by atoms with Gasteiger partial charge in [0.1, 0.15) is 5.82 Å². The molecule has 0 fully saturated rings. The van der Waals surface area contributed by atoms with Gasteiger partial charge in [0.05, 0.1) is 23.4 Å². The van der Waals surface area contributed by atoms with E-state index in [0.29, 0.717) is 40.7 Å². The second-order valence-corrected chi connectivity index (χ2v) is 4.59. The molecule has 1 aliphatic rings. The zero-order valence-electron chi connectivity index (χ0n) is 9.60. The summed E-state index contributed by atoms with van der Waals surface area (Å²) in [6.45, 7) is 0. The predicted octanol–water partition coefficient (Wildman–Crippen LogP) is 1.82. The SMILES string of the molecule is Nc1c2c(nc3ccc(F)cc13)C(O)CCC2O. The van der Waals surface area contributed by atoms with Crippen LogP contribution in [-0.2, 0) is 0 Å². The topological polar surface area (TPSA) is 79.4 Å². The Morgan fingerprint density at radius 1 is 1.22 bits per heavy atom. The summed E-state index contributed by atoms with van der Waals surface area (Å²) in [5.74, 6) is -0.401. The fourth-order valence-corrected chi connectivity index (χ4v) is 2.50. The van der Waals surface area contributed by atoms with Crippen LogP contribution in [0, 0.1) is 5.82 Å². The third kappa shape index (κ3) is 1.55. The van der Waals surface area contributed by atoms with Crippen LogP contribution in [0.25, 0.3) is 10.9 Å². The molecule has 0 saturated heterocycles. The number of aliphatic hydroxyl groups is 2. The second-order valence-electron chi connectivity index (χ2n) is 4.59. The molecule has 2 unspecified atom stereocenters. The molecular weight excluding hydrogens is 235 g/mol. The van der Waals surface area contributed by atoms with Crippen LogP contribution in [0.5, 0.6) is 0 Å². The molecule has 0 amide bonds. The summed E-state index contributed by atoms with van der Waals surface area (Å²) in [5, 5.41) is 20.4. The highest BCUT2D eigenvalue weighted by atomic mass is 19.1. The maximum absolute atomic E-state index is 13.2.